The summed E-state index contributed by atoms with van der Waals surface area (Å²) in [6.07, 6.45) is 0.472. The van der Waals surface area contributed by atoms with Crippen molar-refractivity contribution in [3.63, 3.8) is 0 Å². The summed E-state index contributed by atoms with van der Waals surface area (Å²) in [5, 5.41) is 20.8. The summed E-state index contributed by atoms with van der Waals surface area (Å²) >= 11 is 1.64. The molecule has 1 aromatic carbocycles. The van der Waals surface area contributed by atoms with Crippen LogP contribution in [0.1, 0.15) is 21.6 Å². The highest BCUT2D eigenvalue weighted by atomic mass is 32.2. The molecule has 4 rings (SSSR count). The quantitative estimate of drug-likeness (QED) is 0.626. The number of fused-ring (bicyclic) bond motifs is 4. The Kier molecular flexibility index (Phi) is 4.47. The summed E-state index contributed by atoms with van der Waals surface area (Å²) in [7, 11) is 6.08. The molecule has 1 aliphatic heterocycles. The zero-order valence-electron chi connectivity index (χ0n) is 15.9. The van der Waals surface area contributed by atoms with E-state index < -0.39 is 22.8 Å². The molecule has 0 bridgehead atoms. The molecule has 7 nitrogen and oxygen atoms in total. The largest absolute Gasteiger partial charge is 0.506 e. The average Bonchev–Trinajstić information content (AvgIpc) is 2.79. The molecule has 3 heterocycles. The number of aryl methyl sites for hydroxylation is 1. The van der Waals surface area contributed by atoms with Crippen molar-refractivity contribution < 1.29 is 15.0 Å². The number of aromatic carboxylic acids is 1. The van der Waals surface area contributed by atoms with Gasteiger partial charge in [-0.2, -0.15) is 0 Å². The molecule has 2 aromatic heterocycles. The third-order valence-corrected chi connectivity index (χ3v) is 6.16. The van der Waals surface area contributed by atoms with E-state index in [4.69, 9.17) is 0 Å². The molecule has 0 saturated heterocycles. The Morgan fingerprint density at radius 1 is 1.32 bits per heavy atom. The van der Waals surface area contributed by atoms with Gasteiger partial charge in [0.2, 0.25) is 0 Å². The number of aromatic amines is 1. The second kappa shape index (κ2) is 6.72. The van der Waals surface area contributed by atoms with E-state index in [1.165, 1.54) is 5.69 Å². The first-order chi connectivity index (χ1) is 13.3. The maximum absolute atomic E-state index is 12.3. The molecule has 1 aliphatic rings. The van der Waals surface area contributed by atoms with Crippen molar-refractivity contribution in [1.82, 2.24) is 14.5 Å². The molecule has 0 aliphatic carbocycles. The summed E-state index contributed by atoms with van der Waals surface area (Å²) in [6.45, 7) is 0.805. The normalized spacial score (nSPS) is 13.4. The van der Waals surface area contributed by atoms with Crippen LogP contribution >= 0.6 is 11.8 Å². The van der Waals surface area contributed by atoms with Gasteiger partial charge in [0.05, 0.1) is 5.69 Å². The molecule has 0 atom stereocenters. The van der Waals surface area contributed by atoms with E-state index in [1.807, 2.05) is 27.2 Å². The fraction of sp³-hybridized carbons (Fsp3) is 0.300. The monoisotopic (exact) mass is 399 g/mol. The van der Waals surface area contributed by atoms with Crippen molar-refractivity contribution in [2.75, 3.05) is 19.8 Å². The van der Waals surface area contributed by atoms with Gasteiger partial charge in [0.25, 0.3) is 5.56 Å². The molecule has 8 heteroatoms. The lowest BCUT2D eigenvalue weighted by atomic mass is 9.99. The van der Waals surface area contributed by atoms with Gasteiger partial charge in [-0.1, -0.05) is 0 Å². The maximum atomic E-state index is 12.3. The van der Waals surface area contributed by atoms with Crippen molar-refractivity contribution in [2.45, 2.75) is 17.9 Å². The lowest BCUT2D eigenvalue weighted by Gasteiger charge is -2.12. The molecule has 28 heavy (non-hydrogen) atoms. The average molecular weight is 399 g/mol. The molecular formula is C20H21N3O4S. The number of carboxylic acid groups (broad SMARTS) is 1. The minimum Gasteiger partial charge on any atom is -0.506 e. The van der Waals surface area contributed by atoms with Crippen LogP contribution in [0.3, 0.4) is 0 Å². The summed E-state index contributed by atoms with van der Waals surface area (Å²) in [5.74, 6) is -1.18. The van der Waals surface area contributed by atoms with Crippen molar-refractivity contribution in [1.29, 1.82) is 0 Å². The third-order valence-electron chi connectivity index (χ3n) is 5.10. The van der Waals surface area contributed by atoms with Crippen molar-refractivity contribution in [3.8, 4) is 17.0 Å². The van der Waals surface area contributed by atoms with Crippen LogP contribution in [0.15, 0.2) is 27.9 Å². The minimum absolute atomic E-state index is 0.429. The number of hydrogen-bond acceptors (Lipinski definition) is 5. The fourth-order valence-corrected chi connectivity index (χ4v) is 4.81. The Morgan fingerprint density at radius 2 is 2.07 bits per heavy atom. The van der Waals surface area contributed by atoms with E-state index in [9.17, 15) is 19.8 Å². The molecule has 3 N–H and O–H groups in total. The van der Waals surface area contributed by atoms with Gasteiger partial charge >= 0.3 is 5.97 Å². The number of nitrogens with one attached hydrogen (secondary N) is 1. The Bertz CT molecular complexity index is 1180. The van der Waals surface area contributed by atoms with E-state index in [-0.39, 0.29) is 0 Å². The van der Waals surface area contributed by atoms with Crippen LogP contribution in [-0.4, -0.2) is 50.5 Å². The number of rotatable bonds is 3. The van der Waals surface area contributed by atoms with Gasteiger partial charge in [-0.3, -0.25) is 4.79 Å². The second-order valence-electron chi connectivity index (χ2n) is 7.27. The van der Waals surface area contributed by atoms with Crippen LogP contribution in [0.4, 0.5) is 0 Å². The van der Waals surface area contributed by atoms with E-state index in [1.54, 1.807) is 11.8 Å². The van der Waals surface area contributed by atoms with Gasteiger partial charge in [0.15, 0.2) is 5.56 Å². The molecule has 3 aromatic rings. The first-order valence-corrected chi connectivity index (χ1v) is 9.88. The van der Waals surface area contributed by atoms with E-state index in [0.29, 0.717) is 23.4 Å². The Labute approximate surface area is 165 Å². The summed E-state index contributed by atoms with van der Waals surface area (Å²) < 4.78 is 2.16. The Balaban J connectivity index is 1.98. The summed E-state index contributed by atoms with van der Waals surface area (Å²) in [5.41, 5.74) is 2.68. The number of nitrogens with zero attached hydrogens (tertiary/aromatic N) is 2. The zero-order chi connectivity index (χ0) is 20.2. The summed E-state index contributed by atoms with van der Waals surface area (Å²) in [6, 6.07) is 6.23. The van der Waals surface area contributed by atoms with Crippen molar-refractivity contribution in [2.24, 2.45) is 7.05 Å². The highest BCUT2D eigenvalue weighted by Gasteiger charge is 2.26. The number of thioether (sulfide) groups is 1. The Morgan fingerprint density at radius 3 is 2.75 bits per heavy atom. The van der Waals surface area contributed by atoms with Crippen LogP contribution in [-0.2, 0) is 20.0 Å². The number of aromatic nitrogens is 2. The number of benzene rings is 1. The van der Waals surface area contributed by atoms with Crippen LogP contribution < -0.4 is 5.56 Å². The smallest absolute Gasteiger partial charge is 0.345 e. The van der Waals surface area contributed by atoms with Gasteiger partial charge in [-0.05, 0) is 38.7 Å². The number of H-pyrrole nitrogens is 1. The van der Waals surface area contributed by atoms with E-state index in [0.717, 1.165) is 27.9 Å². The molecular weight excluding hydrogens is 378 g/mol. The number of aromatic hydroxyl groups is 1. The van der Waals surface area contributed by atoms with Crippen LogP contribution in [0.5, 0.6) is 5.75 Å². The standard InChI is InChI=1S/C20H21N3O4S/c1-22(2)9-11-6-10-7-13-15(8-14(10)23(11)3)28-5-4-12-17(13)21-19(25)16(18(12)24)20(26)27/h6-8H,4-5,9H2,1-3H3,(H,26,27)(H2,21,24,25). The molecule has 0 unspecified atom stereocenters. The molecule has 0 radical (unpaired) electrons. The number of pyridine rings is 1. The Hall–Kier alpha value is -2.71. The lowest BCUT2D eigenvalue weighted by molar-refractivity contribution is 0.0691. The van der Waals surface area contributed by atoms with E-state index in [2.05, 4.69) is 26.6 Å². The number of carboxylic acids is 1. The number of carbonyl (C=O) groups is 1. The van der Waals surface area contributed by atoms with E-state index >= 15 is 0 Å². The minimum atomic E-state index is -1.43. The SMILES string of the molecule is CN(C)Cc1cc2cc3c(cc2n1C)SCCc1c-3[nH]c(=O)c(C(=O)O)c1O. The first kappa shape index (κ1) is 18.6. The van der Waals surface area contributed by atoms with Crippen molar-refractivity contribution >= 4 is 28.6 Å². The third kappa shape index (κ3) is 2.89. The van der Waals surface area contributed by atoms with Crippen LogP contribution in [0, 0.1) is 0 Å². The summed E-state index contributed by atoms with van der Waals surface area (Å²) in [4.78, 5) is 29.5. The topological polar surface area (TPSA) is 98.6 Å². The number of hydrogen-bond donors (Lipinski definition) is 3. The van der Waals surface area contributed by atoms with Gasteiger partial charge in [-0.25, -0.2) is 4.79 Å². The van der Waals surface area contributed by atoms with Gasteiger partial charge < -0.3 is 24.7 Å². The van der Waals surface area contributed by atoms with Crippen LogP contribution in [0.25, 0.3) is 22.2 Å². The van der Waals surface area contributed by atoms with Crippen molar-refractivity contribution in [3.05, 3.63) is 45.4 Å². The highest BCUT2D eigenvalue weighted by Crippen LogP contribution is 2.42. The van der Waals surface area contributed by atoms with Crippen LogP contribution in [0.2, 0.25) is 0 Å². The lowest BCUT2D eigenvalue weighted by Crippen LogP contribution is -2.20. The van der Waals surface area contributed by atoms with Gasteiger partial charge in [0, 0.05) is 52.0 Å². The highest BCUT2D eigenvalue weighted by molar-refractivity contribution is 7.99. The molecule has 0 saturated carbocycles. The molecule has 0 spiro atoms. The second-order valence-corrected chi connectivity index (χ2v) is 8.41. The predicted molar refractivity (Wildman–Crippen MR) is 109 cm³/mol. The first-order valence-electron chi connectivity index (χ1n) is 8.89. The van der Waals surface area contributed by atoms with Gasteiger partial charge in [0.1, 0.15) is 5.75 Å². The predicted octanol–water partition coefficient (Wildman–Crippen LogP) is 2.65. The molecule has 0 fully saturated rings. The zero-order valence-corrected chi connectivity index (χ0v) is 16.7. The fourth-order valence-electron chi connectivity index (χ4n) is 3.78. The maximum Gasteiger partial charge on any atom is 0.345 e. The molecule has 146 valence electrons. The van der Waals surface area contributed by atoms with Gasteiger partial charge in [-0.15, -0.1) is 11.8 Å². The molecule has 0 amide bonds.